The largest absolute Gasteiger partial charge is 0.374 e. The smallest absolute Gasteiger partial charge is 0.325 e. The molecule has 0 spiro atoms. The van der Waals surface area contributed by atoms with Gasteiger partial charge in [-0.05, 0) is 13.3 Å². The summed E-state index contributed by atoms with van der Waals surface area (Å²) >= 11 is 1.17. The molecule has 2 rings (SSSR count). The molecule has 17 heavy (non-hydrogen) atoms. The molecule has 0 radical (unpaired) electrons. The van der Waals surface area contributed by atoms with Crippen molar-refractivity contribution in [3.63, 3.8) is 0 Å². The normalized spacial score (nSPS) is 24.2. The number of anilines is 1. The Hall–Kier alpha value is -1.70. The maximum atomic E-state index is 12.0. The molecule has 0 aromatic carbocycles. The van der Waals surface area contributed by atoms with Gasteiger partial charge in [-0.25, -0.2) is 4.79 Å². The number of urea groups is 1. The van der Waals surface area contributed by atoms with Gasteiger partial charge in [-0.1, -0.05) is 18.3 Å². The summed E-state index contributed by atoms with van der Waals surface area (Å²) in [5.74, 6) is -0.237. The molecule has 1 aromatic heterocycles. The first-order valence-corrected chi connectivity index (χ1v) is 6.00. The Kier molecular flexibility index (Phi) is 2.74. The van der Waals surface area contributed by atoms with E-state index in [1.165, 1.54) is 11.3 Å². The highest BCUT2D eigenvalue weighted by Gasteiger charge is 2.46. The van der Waals surface area contributed by atoms with Crippen LogP contribution in [0.5, 0.6) is 0 Å². The van der Waals surface area contributed by atoms with Gasteiger partial charge in [0.25, 0.3) is 5.91 Å². The number of nitrogens with zero attached hydrogens (tertiary/aromatic N) is 3. The standard InChI is InChI=1S/C9H13N5O2S/c1-3-9(2)6(15)14(8(16)11-9)4-5-12-13-7(10)17-5/h3-4H2,1-2H3,(H2,10,13)(H,11,16). The zero-order valence-corrected chi connectivity index (χ0v) is 10.4. The van der Waals surface area contributed by atoms with E-state index in [4.69, 9.17) is 5.73 Å². The fourth-order valence-corrected chi connectivity index (χ4v) is 2.19. The van der Waals surface area contributed by atoms with Crippen LogP contribution >= 0.6 is 11.3 Å². The van der Waals surface area contributed by atoms with E-state index in [0.29, 0.717) is 16.6 Å². The summed E-state index contributed by atoms with van der Waals surface area (Å²) in [4.78, 5) is 24.9. The minimum atomic E-state index is -0.812. The van der Waals surface area contributed by atoms with Crippen LogP contribution in [0.15, 0.2) is 0 Å². The predicted octanol–water partition coefficient (Wildman–Crippen LogP) is 0.341. The molecular weight excluding hydrogens is 242 g/mol. The molecule has 1 aromatic rings. The third-order valence-corrected chi connectivity index (χ3v) is 3.57. The number of aromatic nitrogens is 2. The van der Waals surface area contributed by atoms with E-state index in [0.717, 1.165) is 4.90 Å². The van der Waals surface area contributed by atoms with E-state index < -0.39 is 11.6 Å². The number of rotatable bonds is 3. The Bertz CT molecular complexity index is 474. The molecule has 8 heteroatoms. The Balaban J connectivity index is 2.17. The van der Waals surface area contributed by atoms with Crippen molar-refractivity contribution in [1.82, 2.24) is 20.4 Å². The molecule has 1 unspecified atom stereocenters. The number of carbonyl (C=O) groups excluding carboxylic acids is 2. The van der Waals surface area contributed by atoms with Gasteiger partial charge in [-0.2, -0.15) is 0 Å². The maximum Gasteiger partial charge on any atom is 0.325 e. The number of hydrogen-bond donors (Lipinski definition) is 2. The highest BCUT2D eigenvalue weighted by atomic mass is 32.1. The summed E-state index contributed by atoms with van der Waals surface area (Å²) in [7, 11) is 0. The second kappa shape index (κ2) is 3.95. The fraction of sp³-hybridized carbons (Fsp3) is 0.556. The molecule has 7 nitrogen and oxygen atoms in total. The summed E-state index contributed by atoms with van der Waals surface area (Å²) in [6.07, 6.45) is 0.548. The van der Waals surface area contributed by atoms with Crippen LogP contribution in [-0.2, 0) is 11.3 Å². The van der Waals surface area contributed by atoms with Gasteiger partial charge in [-0.15, -0.1) is 10.2 Å². The average molecular weight is 255 g/mol. The van der Waals surface area contributed by atoms with Gasteiger partial charge < -0.3 is 11.1 Å². The van der Waals surface area contributed by atoms with Crippen LogP contribution in [0.1, 0.15) is 25.3 Å². The Labute approximate surface area is 102 Å². The topological polar surface area (TPSA) is 101 Å². The van der Waals surface area contributed by atoms with Gasteiger partial charge in [0, 0.05) is 0 Å². The van der Waals surface area contributed by atoms with E-state index in [2.05, 4.69) is 15.5 Å². The van der Waals surface area contributed by atoms with Crippen LogP contribution in [0.25, 0.3) is 0 Å². The monoisotopic (exact) mass is 255 g/mol. The van der Waals surface area contributed by atoms with Crippen molar-refractivity contribution in [3.8, 4) is 0 Å². The van der Waals surface area contributed by atoms with Gasteiger partial charge in [0.2, 0.25) is 5.13 Å². The molecular formula is C9H13N5O2S. The zero-order valence-electron chi connectivity index (χ0n) is 9.56. The first-order chi connectivity index (χ1) is 7.96. The number of amides is 3. The number of nitrogens with two attached hydrogens (primary N) is 1. The average Bonchev–Trinajstić information content (AvgIpc) is 2.78. The van der Waals surface area contributed by atoms with Crippen molar-refractivity contribution in [2.45, 2.75) is 32.4 Å². The van der Waals surface area contributed by atoms with Gasteiger partial charge in [0.1, 0.15) is 10.5 Å². The molecule has 0 saturated carbocycles. The van der Waals surface area contributed by atoms with E-state index in [9.17, 15) is 9.59 Å². The second-order valence-corrected chi connectivity index (χ2v) is 5.13. The van der Waals surface area contributed by atoms with Crippen molar-refractivity contribution in [3.05, 3.63) is 5.01 Å². The molecule has 2 heterocycles. The molecule has 1 fully saturated rings. The Morgan fingerprint density at radius 3 is 2.65 bits per heavy atom. The van der Waals surface area contributed by atoms with Crippen molar-refractivity contribution in [2.75, 3.05) is 5.73 Å². The van der Waals surface area contributed by atoms with Crippen molar-refractivity contribution < 1.29 is 9.59 Å². The highest BCUT2D eigenvalue weighted by Crippen LogP contribution is 2.23. The van der Waals surface area contributed by atoms with Gasteiger partial charge >= 0.3 is 6.03 Å². The SMILES string of the molecule is CCC1(C)NC(=O)N(Cc2nnc(N)s2)C1=O. The second-order valence-electron chi connectivity index (χ2n) is 4.04. The Morgan fingerprint density at radius 1 is 1.47 bits per heavy atom. The first kappa shape index (κ1) is 11.8. The first-order valence-electron chi connectivity index (χ1n) is 5.18. The molecule has 1 aliphatic rings. The van der Waals surface area contributed by atoms with Crippen LogP contribution < -0.4 is 11.1 Å². The number of hydrogen-bond acceptors (Lipinski definition) is 6. The van der Waals surface area contributed by atoms with E-state index in [-0.39, 0.29) is 12.5 Å². The highest BCUT2D eigenvalue weighted by molar-refractivity contribution is 7.15. The minimum absolute atomic E-state index is 0.120. The summed E-state index contributed by atoms with van der Waals surface area (Å²) in [5, 5.41) is 11.0. The molecule has 1 saturated heterocycles. The molecule has 3 amide bonds. The van der Waals surface area contributed by atoms with Gasteiger partial charge in [0.05, 0.1) is 6.54 Å². The summed E-state index contributed by atoms with van der Waals surface area (Å²) in [6.45, 7) is 3.68. The molecule has 0 bridgehead atoms. The molecule has 3 N–H and O–H groups in total. The third-order valence-electron chi connectivity index (χ3n) is 2.83. The lowest BCUT2D eigenvalue weighted by molar-refractivity contribution is -0.131. The van der Waals surface area contributed by atoms with Crippen LogP contribution in [-0.4, -0.2) is 32.6 Å². The number of carbonyl (C=O) groups is 2. The van der Waals surface area contributed by atoms with Crippen LogP contribution in [0.3, 0.4) is 0 Å². The fourth-order valence-electron chi connectivity index (χ4n) is 1.60. The third kappa shape index (κ3) is 1.95. The maximum absolute atomic E-state index is 12.0. The number of nitrogens with one attached hydrogen (secondary N) is 1. The lowest BCUT2D eigenvalue weighted by Gasteiger charge is -2.18. The molecule has 92 valence electrons. The summed E-state index contributed by atoms with van der Waals surface area (Å²) < 4.78 is 0. The van der Waals surface area contributed by atoms with Crippen molar-refractivity contribution >= 4 is 28.4 Å². The van der Waals surface area contributed by atoms with E-state index in [1.54, 1.807) is 6.92 Å². The van der Waals surface area contributed by atoms with Gasteiger partial charge in [-0.3, -0.25) is 9.69 Å². The Morgan fingerprint density at radius 2 is 2.18 bits per heavy atom. The van der Waals surface area contributed by atoms with Crippen LogP contribution in [0, 0.1) is 0 Å². The van der Waals surface area contributed by atoms with Crippen LogP contribution in [0.2, 0.25) is 0 Å². The summed E-state index contributed by atoms with van der Waals surface area (Å²) in [6, 6.07) is -0.395. The molecule has 1 atom stereocenters. The zero-order chi connectivity index (χ0) is 12.6. The quantitative estimate of drug-likeness (QED) is 0.758. The van der Waals surface area contributed by atoms with Crippen LogP contribution in [0.4, 0.5) is 9.93 Å². The van der Waals surface area contributed by atoms with E-state index in [1.807, 2.05) is 6.92 Å². The van der Waals surface area contributed by atoms with Crippen molar-refractivity contribution in [2.24, 2.45) is 0 Å². The molecule has 0 aliphatic carbocycles. The lowest BCUT2D eigenvalue weighted by atomic mass is 9.99. The predicted molar refractivity (Wildman–Crippen MR) is 62.1 cm³/mol. The minimum Gasteiger partial charge on any atom is -0.374 e. The summed E-state index contributed by atoms with van der Waals surface area (Å²) in [5.41, 5.74) is 4.63. The lowest BCUT2D eigenvalue weighted by Crippen LogP contribution is -2.43. The van der Waals surface area contributed by atoms with Gasteiger partial charge in [0.15, 0.2) is 0 Å². The van der Waals surface area contributed by atoms with E-state index >= 15 is 0 Å². The number of nitrogen functional groups attached to an aromatic ring is 1. The molecule has 1 aliphatic heterocycles. The van der Waals surface area contributed by atoms with Crippen molar-refractivity contribution in [1.29, 1.82) is 0 Å². The number of imide groups is 1.